The van der Waals surface area contributed by atoms with E-state index in [2.05, 4.69) is 23.4 Å². The summed E-state index contributed by atoms with van der Waals surface area (Å²) >= 11 is 3.42. The molecule has 4 aromatic rings. The summed E-state index contributed by atoms with van der Waals surface area (Å²) in [4.78, 5) is 19.3. The number of aryl methyl sites for hydroxylation is 1. The lowest BCUT2D eigenvalue weighted by molar-refractivity contribution is 0.101. The molecule has 0 saturated heterocycles. The van der Waals surface area contributed by atoms with Crippen molar-refractivity contribution in [1.82, 2.24) is 14.8 Å². The largest absolute Gasteiger partial charge is 0.312 e. The van der Waals surface area contributed by atoms with E-state index in [0.717, 1.165) is 33.9 Å². The van der Waals surface area contributed by atoms with Crippen LogP contribution < -0.4 is 5.32 Å². The van der Waals surface area contributed by atoms with E-state index in [4.69, 9.17) is 4.98 Å². The fourth-order valence-corrected chi connectivity index (χ4v) is 6.51. The van der Waals surface area contributed by atoms with Crippen LogP contribution in [0.4, 0.5) is 5.00 Å². The van der Waals surface area contributed by atoms with Crippen LogP contribution >= 0.6 is 22.7 Å². The van der Waals surface area contributed by atoms with Gasteiger partial charge in [-0.25, -0.2) is 4.98 Å². The van der Waals surface area contributed by atoms with Crippen molar-refractivity contribution >= 4 is 43.8 Å². The van der Waals surface area contributed by atoms with Gasteiger partial charge in [0.15, 0.2) is 0 Å². The molecule has 1 aromatic carbocycles. The number of hydrogen-bond donors (Lipinski definition) is 1. The van der Waals surface area contributed by atoms with Crippen molar-refractivity contribution in [3.05, 3.63) is 52.7 Å². The van der Waals surface area contributed by atoms with Crippen molar-refractivity contribution in [2.24, 2.45) is 5.92 Å². The number of thiazole rings is 1. The molecule has 7 heteroatoms. The van der Waals surface area contributed by atoms with Crippen molar-refractivity contribution < 1.29 is 4.79 Å². The van der Waals surface area contributed by atoms with Gasteiger partial charge < -0.3 is 5.32 Å². The summed E-state index contributed by atoms with van der Waals surface area (Å²) in [6.45, 7) is 4.96. The van der Waals surface area contributed by atoms with Crippen LogP contribution in [-0.4, -0.2) is 20.7 Å². The molecule has 3 heterocycles. The predicted octanol–water partition coefficient (Wildman–Crippen LogP) is 5.62. The number of benzene rings is 1. The first-order chi connectivity index (χ1) is 14.1. The highest BCUT2D eigenvalue weighted by molar-refractivity contribution is 7.23. The fourth-order valence-electron chi connectivity index (χ4n) is 3.99. The summed E-state index contributed by atoms with van der Waals surface area (Å²) in [5.74, 6) is 0.563. The standard InChI is InChI=1S/C22H22N4OS2/c1-3-26-16(10-11-23-26)20(27)25-22-19(14-9-8-13(2)12-18(14)29-22)21-24-15-6-4-5-7-17(15)28-21/h4-7,10-11,13H,3,8-9,12H2,1-2H3,(H,25,27)/t13-/m1/s1. The molecular formula is C22H22N4OS2. The third kappa shape index (κ3) is 3.28. The normalized spacial score (nSPS) is 16.1. The molecule has 0 bridgehead atoms. The maximum atomic E-state index is 13.0. The van der Waals surface area contributed by atoms with Crippen molar-refractivity contribution in [3.8, 4) is 10.6 Å². The maximum absolute atomic E-state index is 13.0. The van der Waals surface area contributed by atoms with Gasteiger partial charge in [0.05, 0.1) is 10.2 Å². The quantitative estimate of drug-likeness (QED) is 0.464. The lowest BCUT2D eigenvalue weighted by Crippen LogP contribution is -2.17. The van der Waals surface area contributed by atoms with E-state index in [9.17, 15) is 4.79 Å². The maximum Gasteiger partial charge on any atom is 0.274 e. The molecule has 5 rings (SSSR count). The van der Waals surface area contributed by atoms with Gasteiger partial charge in [0.1, 0.15) is 15.7 Å². The Labute approximate surface area is 177 Å². The molecule has 5 nitrogen and oxygen atoms in total. The second kappa shape index (κ2) is 7.39. The highest BCUT2D eigenvalue weighted by Gasteiger charge is 2.27. The highest BCUT2D eigenvalue weighted by Crippen LogP contribution is 2.47. The van der Waals surface area contributed by atoms with E-state index < -0.39 is 0 Å². The van der Waals surface area contributed by atoms with E-state index >= 15 is 0 Å². The Hall–Kier alpha value is -2.51. The summed E-state index contributed by atoms with van der Waals surface area (Å²) in [7, 11) is 0. The topological polar surface area (TPSA) is 59.8 Å². The first-order valence-corrected chi connectivity index (χ1v) is 11.6. The minimum absolute atomic E-state index is 0.113. The van der Waals surface area contributed by atoms with Gasteiger partial charge in [0.25, 0.3) is 5.91 Å². The van der Waals surface area contributed by atoms with Crippen LogP contribution in [0.15, 0.2) is 36.5 Å². The molecule has 0 saturated carbocycles. The van der Waals surface area contributed by atoms with Crippen LogP contribution in [0.2, 0.25) is 0 Å². The van der Waals surface area contributed by atoms with Crippen molar-refractivity contribution in [3.63, 3.8) is 0 Å². The summed E-state index contributed by atoms with van der Waals surface area (Å²) < 4.78 is 2.90. The molecule has 1 aliphatic carbocycles. The van der Waals surface area contributed by atoms with Crippen molar-refractivity contribution in [2.75, 3.05) is 5.32 Å². The lowest BCUT2D eigenvalue weighted by atomic mass is 9.88. The number of nitrogens with zero attached hydrogens (tertiary/aromatic N) is 3. The van der Waals surface area contributed by atoms with Gasteiger partial charge >= 0.3 is 0 Å². The monoisotopic (exact) mass is 422 g/mol. The fraction of sp³-hybridized carbons (Fsp3) is 0.318. The zero-order chi connectivity index (χ0) is 20.0. The summed E-state index contributed by atoms with van der Waals surface area (Å²) in [5.41, 5.74) is 4.08. The lowest BCUT2D eigenvalue weighted by Gasteiger charge is -2.18. The molecule has 1 amide bonds. The first kappa shape index (κ1) is 18.5. The van der Waals surface area contributed by atoms with Gasteiger partial charge in [-0.3, -0.25) is 9.48 Å². The number of anilines is 1. The SMILES string of the molecule is CCn1nccc1C(=O)Nc1sc2c(c1-c1nc3ccccc3s1)CC[C@@H](C)C2. The molecule has 0 fully saturated rings. The average molecular weight is 423 g/mol. The van der Waals surface area contributed by atoms with Crippen LogP contribution in [0.5, 0.6) is 0 Å². The number of fused-ring (bicyclic) bond motifs is 2. The molecular weight excluding hydrogens is 400 g/mol. The molecule has 0 spiro atoms. The second-order valence-corrected chi connectivity index (χ2v) is 9.66. The predicted molar refractivity (Wildman–Crippen MR) is 120 cm³/mol. The average Bonchev–Trinajstić information content (AvgIpc) is 3.43. The van der Waals surface area contributed by atoms with Gasteiger partial charge in [-0.15, -0.1) is 22.7 Å². The van der Waals surface area contributed by atoms with Gasteiger partial charge in [-0.05, 0) is 55.9 Å². The summed E-state index contributed by atoms with van der Waals surface area (Å²) in [6, 6.07) is 9.99. The Kier molecular flexibility index (Phi) is 4.72. The number of rotatable bonds is 4. The van der Waals surface area contributed by atoms with E-state index in [1.165, 1.54) is 21.6 Å². The van der Waals surface area contributed by atoms with E-state index in [1.807, 2.05) is 25.1 Å². The molecule has 0 radical (unpaired) electrons. The Morgan fingerprint density at radius 3 is 2.97 bits per heavy atom. The third-order valence-electron chi connectivity index (χ3n) is 5.50. The molecule has 1 aliphatic rings. The summed E-state index contributed by atoms with van der Waals surface area (Å²) in [6.07, 6.45) is 4.97. The number of nitrogens with one attached hydrogen (secondary N) is 1. The zero-order valence-electron chi connectivity index (χ0n) is 16.4. The third-order valence-corrected chi connectivity index (χ3v) is 7.72. The Morgan fingerprint density at radius 2 is 2.14 bits per heavy atom. The molecule has 148 valence electrons. The van der Waals surface area contributed by atoms with Gasteiger partial charge in [-0.2, -0.15) is 5.10 Å². The van der Waals surface area contributed by atoms with Crippen molar-refractivity contribution in [2.45, 2.75) is 39.7 Å². The van der Waals surface area contributed by atoms with Gasteiger partial charge in [0.2, 0.25) is 0 Å². The molecule has 1 N–H and O–H groups in total. The van der Waals surface area contributed by atoms with Gasteiger partial charge in [-0.1, -0.05) is 19.1 Å². The Morgan fingerprint density at radius 1 is 1.28 bits per heavy atom. The number of aromatic nitrogens is 3. The number of para-hydroxylation sites is 1. The smallest absolute Gasteiger partial charge is 0.274 e. The highest BCUT2D eigenvalue weighted by atomic mass is 32.1. The summed E-state index contributed by atoms with van der Waals surface area (Å²) in [5, 5.41) is 9.33. The number of hydrogen-bond acceptors (Lipinski definition) is 5. The number of carbonyl (C=O) groups excluding carboxylic acids is 1. The molecule has 3 aromatic heterocycles. The van der Waals surface area contributed by atoms with Crippen molar-refractivity contribution in [1.29, 1.82) is 0 Å². The van der Waals surface area contributed by atoms with Crippen LogP contribution in [0, 0.1) is 5.92 Å². The van der Waals surface area contributed by atoms with Gasteiger partial charge in [0, 0.05) is 23.2 Å². The molecule has 0 aliphatic heterocycles. The minimum atomic E-state index is -0.113. The zero-order valence-corrected chi connectivity index (χ0v) is 18.1. The van der Waals surface area contributed by atoms with E-state index in [1.54, 1.807) is 39.6 Å². The second-order valence-electron chi connectivity index (χ2n) is 7.53. The van der Waals surface area contributed by atoms with Crippen LogP contribution in [0.25, 0.3) is 20.8 Å². The van der Waals surface area contributed by atoms with Crippen LogP contribution in [0.1, 0.15) is 41.2 Å². The van der Waals surface area contributed by atoms with E-state index in [-0.39, 0.29) is 5.91 Å². The molecule has 0 unspecified atom stereocenters. The molecule has 1 atom stereocenters. The number of thiophene rings is 1. The minimum Gasteiger partial charge on any atom is -0.312 e. The van der Waals surface area contributed by atoms with E-state index in [0.29, 0.717) is 18.2 Å². The Balaban J connectivity index is 1.60. The van der Waals surface area contributed by atoms with Crippen LogP contribution in [0.3, 0.4) is 0 Å². The molecule has 29 heavy (non-hydrogen) atoms. The number of amides is 1. The van der Waals surface area contributed by atoms with Crippen LogP contribution in [-0.2, 0) is 19.4 Å². The number of carbonyl (C=O) groups is 1. The Bertz CT molecular complexity index is 1170. The first-order valence-electron chi connectivity index (χ1n) is 9.97.